The van der Waals surface area contributed by atoms with Crippen molar-refractivity contribution in [3.63, 3.8) is 0 Å². The molecule has 1 saturated heterocycles. The molecule has 0 aliphatic carbocycles. The van der Waals surface area contributed by atoms with E-state index in [1.54, 1.807) is 6.07 Å². The van der Waals surface area contributed by atoms with Crippen LogP contribution in [0.25, 0.3) is 4.96 Å². The van der Waals surface area contributed by atoms with Gasteiger partial charge in [0.2, 0.25) is 10.1 Å². The Morgan fingerprint density at radius 3 is 3.05 bits per heavy atom. The van der Waals surface area contributed by atoms with Crippen LogP contribution in [0.1, 0.15) is 45.2 Å². The molecule has 1 aliphatic heterocycles. The fourth-order valence-electron chi connectivity index (χ4n) is 2.81. The molecule has 1 atom stereocenters. The maximum atomic E-state index is 12.1. The third-order valence-corrected chi connectivity index (χ3v) is 5.05. The molecule has 1 unspecified atom stereocenters. The molecule has 0 radical (unpaired) electrons. The molecule has 21 heavy (non-hydrogen) atoms. The predicted molar refractivity (Wildman–Crippen MR) is 86.4 cm³/mol. The first-order chi connectivity index (χ1) is 10.2. The standard InChI is InChI=1S/C15H22N4OS/c1-3-5-12-10-13(20)19-14(16-12)21-15(17-19)18-8-4-6-11(2)7-9-18/h10-11H,3-9H2,1-2H3. The van der Waals surface area contributed by atoms with Gasteiger partial charge >= 0.3 is 0 Å². The largest absolute Gasteiger partial charge is 0.347 e. The average Bonchev–Trinajstić information content (AvgIpc) is 2.75. The highest BCUT2D eigenvalue weighted by molar-refractivity contribution is 7.20. The van der Waals surface area contributed by atoms with Crippen molar-refractivity contribution in [2.45, 2.75) is 46.0 Å². The van der Waals surface area contributed by atoms with Gasteiger partial charge in [-0.3, -0.25) is 4.79 Å². The van der Waals surface area contributed by atoms with Crippen LogP contribution in [0.4, 0.5) is 5.13 Å². The molecule has 2 aromatic rings. The maximum absolute atomic E-state index is 12.1. The van der Waals surface area contributed by atoms with Crippen LogP contribution in [0.5, 0.6) is 0 Å². The van der Waals surface area contributed by atoms with Gasteiger partial charge < -0.3 is 4.90 Å². The predicted octanol–water partition coefficient (Wildman–Crippen LogP) is 2.73. The number of aromatic nitrogens is 3. The molecule has 0 N–H and O–H groups in total. The summed E-state index contributed by atoms with van der Waals surface area (Å²) in [6, 6.07) is 1.62. The van der Waals surface area contributed by atoms with E-state index >= 15 is 0 Å². The molecule has 2 aromatic heterocycles. The van der Waals surface area contributed by atoms with Crippen molar-refractivity contribution in [1.29, 1.82) is 0 Å². The minimum Gasteiger partial charge on any atom is -0.347 e. The van der Waals surface area contributed by atoms with E-state index in [-0.39, 0.29) is 5.56 Å². The molecule has 0 amide bonds. The minimum absolute atomic E-state index is 0.0610. The van der Waals surface area contributed by atoms with Crippen molar-refractivity contribution in [3.8, 4) is 0 Å². The summed E-state index contributed by atoms with van der Waals surface area (Å²) in [4.78, 5) is 19.7. The monoisotopic (exact) mass is 306 g/mol. The zero-order valence-corrected chi connectivity index (χ0v) is 13.5. The minimum atomic E-state index is -0.0610. The van der Waals surface area contributed by atoms with Gasteiger partial charge in [0.25, 0.3) is 5.56 Å². The summed E-state index contributed by atoms with van der Waals surface area (Å²) in [5.41, 5.74) is 0.816. The molecule has 0 saturated carbocycles. The van der Waals surface area contributed by atoms with Gasteiger partial charge in [-0.05, 0) is 31.6 Å². The second kappa shape index (κ2) is 6.13. The summed E-state index contributed by atoms with van der Waals surface area (Å²) in [6.45, 7) is 6.46. The number of fused-ring (bicyclic) bond motifs is 1. The summed E-state index contributed by atoms with van der Waals surface area (Å²) >= 11 is 1.54. The van der Waals surface area contributed by atoms with E-state index in [0.717, 1.165) is 47.6 Å². The summed E-state index contributed by atoms with van der Waals surface area (Å²) in [6.07, 6.45) is 5.51. The number of hydrogen-bond donors (Lipinski definition) is 0. The van der Waals surface area contributed by atoms with Crippen LogP contribution in [0.2, 0.25) is 0 Å². The number of nitrogens with zero attached hydrogens (tertiary/aromatic N) is 4. The normalized spacial score (nSPS) is 19.9. The van der Waals surface area contributed by atoms with Crippen LogP contribution in [-0.2, 0) is 6.42 Å². The van der Waals surface area contributed by atoms with Gasteiger partial charge in [-0.1, -0.05) is 31.6 Å². The second-order valence-corrected chi connectivity index (χ2v) is 6.87. The molecule has 3 rings (SSSR count). The van der Waals surface area contributed by atoms with E-state index in [1.807, 2.05) is 0 Å². The number of rotatable bonds is 3. The molecule has 1 fully saturated rings. The van der Waals surface area contributed by atoms with Crippen molar-refractivity contribution in [2.75, 3.05) is 18.0 Å². The van der Waals surface area contributed by atoms with E-state index in [1.165, 1.54) is 35.1 Å². The molecule has 0 bridgehead atoms. The van der Waals surface area contributed by atoms with Gasteiger partial charge in [-0.2, -0.15) is 4.52 Å². The van der Waals surface area contributed by atoms with Crippen LogP contribution in [0.15, 0.2) is 10.9 Å². The molecule has 1 aliphatic rings. The Hall–Kier alpha value is -1.43. The zero-order valence-electron chi connectivity index (χ0n) is 12.7. The third kappa shape index (κ3) is 3.10. The van der Waals surface area contributed by atoms with Crippen molar-refractivity contribution < 1.29 is 0 Å². The Morgan fingerprint density at radius 2 is 2.24 bits per heavy atom. The molecular weight excluding hydrogens is 284 g/mol. The lowest BCUT2D eigenvalue weighted by molar-refractivity contribution is 0.521. The number of anilines is 1. The van der Waals surface area contributed by atoms with E-state index in [2.05, 4.69) is 28.8 Å². The highest BCUT2D eigenvalue weighted by atomic mass is 32.1. The van der Waals surface area contributed by atoms with E-state index in [0.29, 0.717) is 0 Å². The van der Waals surface area contributed by atoms with Gasteiger partial charge in [-0.25, -0.2) is 4.98 Å². The van der Waals surface area contributed by atoms with Crippen molar-refractivity contribution in [2.24, 2.45) is 5.92 Å². The van der Waals surface area contributed by atoms with Crippen LogP contribution in [-0.4, -0.2) is 27.7 Å². The third-order valence-electron chi connectivity index (χ3n) is 4.08. The Balaban J connectivity index is 1.93. The van der Waals surface area contributed by atoms with Crippen molar-refractivity contribution >= 4 is 21.4 Å². The fraction of sp³-hybridized carbons (Fsp3) is 0.667. The lowest BCUT2D eigenvalue weighted by Crippen LogP contribution is -2.24. The Kier molecular flexibility index (Phi) is 4.24. The molecule has 0 aromatic carbocycles. The molecule has 114 valence electrons. The maximum Gasteiger partial charge on any atom is 0.275 e. The quantitative estimate of drug-likeness (QED) is 0.875. The van der Waals surface area contributed by atoms with Crippen LogP contribution < -0.4 is 10.5 Å². The smallest absolute Gasteiger partial charge is 0.275 e. The summed E-state index contributed by atoms with van der Waals surface area (Å²) in [7, 11) is 0. The van der Waals surface area contributed by atoms with E-state index in [4.69, 9.17) is 0 Å². The van der Waals surface area contributed by atoms with Crippen LogP contribution in [0, 0.1) is 5.92 Å². The first kappa shape index (κ1) is 14.5. The summed E-state index contributed by atoms with van der Waals surface area (Å²) in [5.74, 6) is 0.779. The van der Waals surface area contributed by atoms with Gasteiger partial charge in [0, 0.05) is 24.8 Å². The van der Waals surface area contributed by atoms with Crippen molar-refractivity contribution in [1.82, 2.24) is 14.6 Å². The van der Waals surface area contributed by atoms with Gasteiger partial charge in [0.15, 0.2) is 0 Å². The van der Waals surface area contributed by atoms with E-state index in [9.17, 15) is 4.79 Å². The summed E-state index contributed by atoms with van der Waals surface area (Å²) in [5, 5.41) is 5.42. The van der Waals surface area contributed by atoms with Crippen LogP contribution in [0.3, 0.4) is 0 Å². The molecule has 0 spiro atoms. The fourth-order valence-corrected chi connectivity index (χ4v) is 3.79. The SMILES string of the molecule is CCCc1cc(=O)n2nc(N3CCCC(C)CC3)sc2n1. The molecule has 3 heterocycles. The first-order valence-corrected chi connectivity index (χ1v) is 8.63. The highest BCUT2D eigenvalue weighted by Gasteiger charge is 2.18. The molecule has 6 heteroatoms. The van der Waals surface area contributed by atoms with Crippen LogP contribution >= 0.6 is 11.3 Å². The van der Waals surface area contributed by atoms with Gasteiger partial charge in [0.05, 0.1) is 0 Å². The summed E-state index contributed by atoms with van der Waals surface area (Å²) < 4.78 is 1.45. The average molecular weight is 306 g/mol. The first-order valence-electron chi connectivity index (χ1n) is 7.82. The van der Waals surface area contributed by atoms with Gasteiger partial charge in [0.1, 0.15) is 0 Å². The lowest BCUT2D eigenvalue weighted by Gasteiger charge is -2.18. The van der Waals surface area contributed by atoms with Gasteiger partial charge in [-0.15, -0.1) is 5.10 Å². The second-order valence-electron chi connectivity index (χ2n) is 5.94. The molecular formula is C15H22N4OS. The number of aryl methyl sites for hydroxylation is 1. The van der Waals surface area contributed by atoms with E-state index < -0.39 is 0 Å². The Bertz CT molecular complexity index is 678. The lowest BCUT2D eigenvalue weighted by atomic mass is 10.0. The molecule has 5 nitrogen and oxygen atoms in total. The number of hydrogen-bond acceptors (Lipinski definition) is 5. The topological polar surface area (TPSA) is 50.5 Å². The Morgan fingerprint density at radius 1 is 1.38 bits per heavy atom. The Labute approximate surface area is 128 Å². The highest BCUT2D eigenvalue weighted by Crippen LogP contribution is 2.26. The zero-order chi connectivity index (χ0) is 14.8. The van der Waals surface area contributed by atoms with Crippen molar-refractivity contribution in [3.05, 3.63) is 22.1 Å².